The molecule has 0 aliphatic carbocycles. The lowest BCUT2D eigenvalue weighted by Gasteiger charge is -2.35. The number of halogens is 2. The summed E-state index contributed by atoms with van der Waals surface area (Å²) in [6.07, 6.45) is 1.47. The smallest absolute Gasteiger partial charge is 0.330 e. The summed E-state index contributed by atoms with van der Waals surface area (Å²) in [4.78, 5) is 44.7. The van der Waals surface area contributed by atoms with Crippen molar-refractivity contribution in [1.29, 1.82) is 0 Å². The van der Waals surface area contributed by atoms with E-state index >= 15 is 0 Å². The van der Waals surface area contributed by atoms with E-state index in [2.05, 4.69) is 9.88 Å². The second kappa shape index (κ2) is 11.1. The standard InChI is InChI=1S/C29H27Cl2N5O5/c1-34-26(24(27(32)38)28(39)35(2)29(34)40)23-20(30)8-7-19(25(23)31)15-5-4-6-16(9-15)21-10-22(41-3)17(11-33-21)12-36-13-18(37)14-36/h4-11,18,37H,12-14H2,1-3H3,(H2,32,38). The number of ether oxygens (including phenoxy) is 1. The van der Waals surface area contributed by atoms with Crippen LogP contribution < -0.4 is 21.7 Å². The molecule has 0 saturated carbocycles. The minimum atomic E-state index is -1.01. The Bertz CT molecular complexity index is 1810. The topological polar surface area (TPSA) is 133 Å². The molecule has 1 amide bonds. The third-order valence-electron chi connectivity index (χ3n) is 7.20. The maximum atomic E-state index is 12.9. The predicted octanol–water partition coefficient (Wildman–Crippen LogP) is 3.07. The van der Waals surface area contributed by atoms with Crippen LogP contribution in [0.15, 0.2) is 58.3 Å². The number of aromatic nitrogens is 3. The van der Waals surface area contributed by atoms with Crippen LogP contribution in [0.1, 0.15) is 15.9 Å². The van der Waals surface area contributed by atoms with Gasteiger partial charge in [-0.15, -0.1) is 0 Å². The van der Waals surface area contributed by atoms with Crippen LogP contribution in [0.5, 0.6) is 5.75 Å². The van der Waals surface area contributed by atoms with Gasteiger partial charge in [0.05, 0.1) is 34.6 Å². The normalized spacial score (nSPS) is 13.7. The fourth-order valence-corrected chi connectivity index (χ4v) is 5.70. The number of hydrogen-bond donors (Lipinski definition) is 2. The van der Waals surface area contributed by atoms with E-state index in [1.165, 1.54) is 14.1 Å². The van der Waals surface area contributed by atoms with E-state index in [-0.39, 0.29) is 27.4 Å². The van der Waals surface area contributed by atoms with Gasteiger partial charge in [-0.3, -0.25) is 28.6 Å². The lowest BCUT2D eigenvalue weighted by molar-refractivity contribution is -0.00327. The first kappa shape index (κ1) is 28.6. The average molecular weight is 596 g/mol. The van der Waals surface area contributed by atoms with Gasteiger partial charge < -0.3 is 15.6 Å². The van der Waals surface area contributed by atoms with Crippen molar-refractivity contribution in [3.8, 4) is 39.4 Å². The zero-order chi connectivity index (χ0) is 29.6. The highest BCUT2D eigenvalue weighted by molar-refractivity contribution is 6.41. The Balaban J connectivity index is 1.60. The van der Waals surface area contributed by atoms with Gasteiger partial charge in [-0.1, -0.05) is 47.5 Å². The Morgan fingerprint density at radius 1 is 1.10 bits per heavy atom. The molecule has 10 nitrogen and oxygen atoms in total. The van der Waals surface area contributed by atoms with E-state index in [0.717, 1.165) is 20.3 Å². The molecule has 3 N–H and O–H groups in total. The first-order valence-electron chi connectivity index (χ1n) is 12.6. The molecule has 1 aliphatic heterocycles. The molecular weight excluding hydrogens is 569 g/mol. The third kappa shape index (κ3) is 5.15. The largest absolute Gasteiger partial charge is 0.496 e. The van der Waals surface area contributed by atoms with Gasteiger partial charge in [0.15, 0.2) is 0 Å². The number of likely N-dealkylation sites (tertiary alicyclic amines) is 1. The average Bonchev–Trinajstić information content (AvgIpc) is 2.93. The number of carbonyl (C=O) groups excluding carboxylic acids is 1. The molecule has 4 aromatic rings. The van der Waals surface area contributed by atoms with Crippen LogP contribution in [0.3, 0.4) is 0 Å². The second-order valence-electron chi connectivity index (χ2n) is 9.89. The molecule has 1 fully saturated rings. The summed E-state index contributed by atoms with van der Waals surface area (Å²) in [5, 5.41) is 9.86. The van der Waals surface area contributed by atoms with Gasteiger partial charge in [0.25, 0.3) is 11.5 Å². The molecule has 0 radical (unpaired) electrons. The van der Waals surface area contributed by atoms with Crippen molar-refractivity contribution in [2.24, 2.45) is 19.8 Å². The number of nitrogens with two attached hydrogens (primary N) is 1. The van der Waals surface area contributed by atoms with E-state index in [9.17, 15) is 19.5 Å². The molecule has 0 atom stereocenters. The zero-order valence-corrected chi connectivity index (χ0v) is 24.0. The van der Waals surface area contributed by atoms with Crippen LogP contribution >= 0.6 is 23.2 Å². The minimum Gasteiger partial charge on any atom is -0.496 e. The number of β-amino-alcohol motifs (C(OH)–C–C–N with tert-alkyl or cyclic N) is 1. The number of methoxy groups -OCH3 is 1. The number of rotatable bonds is 7. The van der Waals surface area contributed by atoms with Crippen LogP contribution in [0.2, 0.25) is 10.0 Å². The molecule has 1 aliphatic rings. The number of aliphatic hydroxyl groups excluding tert-OH is 1. The summed E-state index contributed by atoms with van der Waals surface area (Å²) in [5.41, 5.74) is 7.38. The van der Waals surface area contributed by atoms with E-state index < -0.39 is 22.7 Å². The highest BCUT2D eigenvalue weighted by Crippen LogP contribution is 2.42. The number of nitrogens with zero attached hydrogens (tertiary/aromatic N) is 4. The van der Waals surface area contributed by atoms with Gasteiger partial charge in [0.2, 0.25) is 0 Å². The number of carbonyl (C=O) groups is 1. The maximum absolute atomic E-state index is 12.9. The van der Waals surface area contributed by atoms with Gasteiger partial charge >= 0.3 is 5.69 Å². The fraction of sp³-hybridized carbons (Fsp3) is 0.241. The summed E-state index contributed by atoms with van der Waals surface area (Å²) in [5.74, 6) is -0.330. The Morgan fingerprint density at radius 3 is 2.46 bits per heavy atom. The van der Waals surface area contributed by atoms with Gasteiger partial charge in [-0.2, -0.15) is 0 Å². The van der Waals surface area contributed by atoms with Crippen molar-refractivity contribution in [3.63, 3.8) is 0 Å². The summed E-state index contributed by atoms with van der Waals surface area (Å²) in [6, 6.07) is 12.6. The summed E-state index contributed by atoms with van der Waals surface area (Å²) in [7, 11) is 4.27. The molecule has 0 unspecified atom stereocenters. The summed E-state index contributed by atoms with van der Waals surface area (Å²) >= 11 is 13.5. The van der Waals surface area contributed by atoms with Crippen molar-refractivity contribution in [3.05, 3.63) is 90.7 Å². The molecule has 3 heterocycles. The lowest BCUT2D eigenvalue weighted by Crippen LogP contribution is -2.49. The fourth-order valence-electron chi connectivity index (χ4n) is 5.04. The maximum Gasteiger partial charge on any atom is 0.330 e. The van der Waals surface area contributed by atoms with Gasteiger partial charge in [-0.05, 0) is 17.7 Å². The van der Waals surface area contributed by atoms with Crippen LogP contribution in [0.4, 0.5) is 0 Å². The van der Waals surface area contributed by atoms with Crippen molar-refractivity contribution in [2.45, 2.75) is 12.6 Å². The Labute approximate surface area is 245 Å². The lowest BCUT2D eigenvalue weighted by atomic mass is 9.97. The van der Waals surface area contributed by atoms with Crippen molar-refractivity contribution in [2.75, 3.05) is 20.2 Å². The first-order chi connectivity index (χ1) is 19.5. The number of aliphatic hydroxyl groups is 1. The summed E-state index contributed by atoms with van der Waals surface area (Å²) < 4.78 is 7.56. The zero-order valence-electron chi connectivity index (χ0n) is 22.5. The molecule has 1 saturated heterocycles. The molecule has 212 valence electrons. The monoisotopic (exact) mass is 595 g/mol. The number of amides is 1. The number of hydrogen-bond acceptors (Lipinski definition) is 7. The van der Waals surface area contributed by atoms with Crippen molar-refractivity contribution in [1.82, 2.24) is 19.0 Å². The van der Waals surface area contributed by atoms with Crippen molar-refractivity contribution >= 4 is 29.1 Å². The molecule has 0 spiro atoms. The number of benzene rings is 2. The summed E-state index contributed by atoms with van der Waals surface area (Å²) in [6.45, 7) is 1.85. The Hall–Kier alpha value is -3.96. The molecule has 2 aromatic carbocycles. The minimum absolute atomic E-state index is 0.0599. The molecular formula is C29H27Cl2N5O5. The Kier molecular flexibility index (Phi) is 7.76. The van der Waals surface area contributed by atoms with Crippen LogP contribution in [0, 0.1) is 0 Å². The van der Waals surface area contributed by atoms with E-state index in [1.54, 1.807) is 25.4 Å². The van der Waals surface area contributed by atoms with E-state index in [1.807, 2.05) is 30.3 Å². The third-order valence-corrected chi connectivity index (χ3v) is 7.91. The second-order valence-corrected chi connectivity index (χ2v) is 10.7. The number of primary amides is 1. The molecule has 12 heteroatoms. The first-order valence-corrected chi connectivity index (χ1v) is 13.4. The Morgan fingerprint density at radius 2 is 1.80 bits per heavy atom. The highest BCUT2D eigenvalue weighted by atomic mass is 35.5. The van der Waals surface area contributed by atoms with Gasteiger partial charge in [0, 0.05) is 68.2 Å². The highest BCUT2D eigenvalue weighted by Gasteiger charge is 2.27. The van der Waals surface area contributed by atoms with Gasteiger partial charge in [0.1, 0.15) is 11.3 Å². The van der Waals surface area contributed by atoms with E-state index in [4.69, 9.17) is 33.7 Å². The number of pyridine rings is 1. The predicted molar refractivity (Wildman–Crippen MR) is 157 cm³/mol. The van der Waals surface area contributed by atoms with Gasteiger partial charge in [-0.25, -0.2) is 4.79 Å². The van der Waals surface area contributed by atoms with Crippen LogP contribution in [0.25, 0.3) is 33.6 Å². The molecule has 41 heavy (non-hydrogen) atoms. The quantitative estimate of drug-likeness (QED) is 0.335. The SMILES string of the molecule is COc1cc(-c2cccc(-c3ccc(Cl)c(-c4c(C(N)=O)c(=O)n(C)c(=O)n4C)c3Cl)c2)ncc1CN1CC(O)C1. The van der Waals surface area contributed by atoms with E-state index in [0.29, 0.717) is 42.2 Å². The van der Waals surface area contributed by atoms with Crippen LogP contribution in [-0.4, -0.2) is 56.3 Å². The molecule has 0 bridgehead atoms. The molecule has 2 aromatic heterocycles. The molecule has 5 rings (SSSR count). The van der Waals surface area contributed by atoms with Crippen LogP contribution in [-0.2, 0) is 20.6 Å². The van der Waals surface area contributed by atoms with Crippen molar-refractivity contribution < 1.29 is 14.6 Å².